The van der Waals surface area contributed by atoms with Gasteiger partial charge in [0.05, 0.1) is 21.4 Å². The quantitative estimate of drug-likeness (QED) is 0.294. The minimum atomic E-state index is -0.695. The molecule has 11 heteroatoms. The highest BCUT2D eigenvalue weighted by Crippen LogP contribution is 2.31. The van der Waals surface area contributed by atoms with Gasteiger partial charge in [0.1, 0.15) is 11.5 Å². The number of amides is 2. The average molecular weight is 614 g/mol. The van der Waals surface area contributed by atoms with Crippen LogP contribution in [0.5, 0.6) is 11.5 Å². The number of phenols is 2. The highest BCUT2D eigenvalue weighted by molar-refractivity contribution is 9.11. The number of nitrogens with one attached hydrogen (secondary N) is 2. The van der Waals surface area contributed by atoms with Gasteiger partial charge >= 0.3 is 6.03 Å². The lowest BCUT2D eigenvalue weighted by Gasteiger charge is -2.04. The van der Waals surface area contributed by atoms with Crippen LogP contribution >= 0.6 is 63.7 Å². The monoisotopic (exact) mass is 610 g/mol. The highest BCUT2D eigenvalue weighted by atomic mass is 79.9. The van der Waals surface area contributed by atoms with Crippen molar-refractivity contribution in [3.05, 3.63) is 53.3 Å². The molecule has 0 aliphatic rings. The van der Waals surface area contributed by atoms with Crippen LogP contribution in [0, 0.1) is 0 Å². The minimum Gasteiger partial charge on any atom is -0.506 e. The van der Waals surface area contributed by atoms with E-state index in [1.807, 2.05) is 0 Å². The summed E-state index contributed by atoms with van der Waals surface area (Å²) < 4.78 is 2.44. The minimum absolute atomic E-state index is 0.00659. The van der Waals surface area contributed by atoms with Crippen LogP contribution in [0.15, 0.2) is 52.4 Å². The van der Waals surface area contributed by atoms with Gasteiger partial charge in [-0.05, 0) is 56.1 Å². The Morgan fingerprint density at radius 1 is 0.808 bits per heavy atom. The number of carbonyl (C=O) groups is 1. The number of aromatic hydroxyl groups is 2. The molecule has 0 spiro atoms. The lowest BCUT2D eigenvalue weighted by atomic mass is 10.2. The van der Waals surface area contributed by atoms with Crippen LogP contribution < -0.4 is 10.9 Å². The maximum Gasteiger partial charge on any atom is 0.355 e. The van der Waals surface area contributed by atoms with E-state index in [1.54, 1.807) is 24.3 Å². The van der Waals surface area contributed by atoms with E-state index in [0.717, 1.165) is 8.95 Å². The first-order valence-corrected chi connectivity index (χ1v) is 9.93. The molecule has 7 nitrogen and oxygen atoms in total. The topological polar surface area (TPSA) is 106 Å². The van der Waals surface area contributed by atoms with Crippen molar-refractivity contribution in [2.24, 2.45) is 10.2 Å². The fourth-order valence-corrected chi connectivity index (χ4v) is 4.23. The lowest BCUT2D eigenvalue weighted by molar-refractivity contribution is 0.242. The van der Waals surface area contributed by atoms with Crippen LogP contribution in [-0.2, 0) is 0 Å². The van der Waals surface area contributed by atoms with Crippen molar-refractivity contribution < 1.29 is 15.0 Å². The summed E-state index contributed by atoms with van der Waals surface area (Å²) in [5.74, 6) is -0.0132. The molecule has 0 atom stereocenters. The first-order valence-electron chi connectivity index (χ1n) is 6.76. The SMILES string of the molecule is O=C(NN=Cc1cc(Br)cc(Br)c1O)NN=Cc1cc(Br)cc(Br)c1O. The molecule has 0 fully saturated rings. The first kappa shape index (κ1) is 20.9. The number of hydrogen-bond acceptors (Lipinski definition) is 5. The molecule has 4 N–H and O–H groups in total. The zero-order valence-electron chi connectivity index (χ0n) is 12.7. The summed E-state index contributed by atoms with van der Waals surface area (Å²) in [6, 6.07) is 5.93. The summed E-state index contributed by atoms with van der Waals surface area (Å²) in [4.78, 5) is 11.6. The molecule has 2 aromatic rings. The Hall–Kier alpha value is -1.43. The molecule has 2 aromatic carbocycles. The van der Waals surface area contributed by atoms with Gasteiger partial charge in [-0.15, -0.1) is 0 Å². The summed E-state index contributed by atoms with van der Waals surface area (Å²) in [5, 5.41) is 27.2. The molecule has 0 radical (unpaired) electrons. The number of hydrogen-bond donors (Lipinski definition) is 4. The lowest BCUT2D eigenvalue weighted by Crippen LogP contribution is -2.28. The Labute approximate surface area is 182 Å². The van der Waals surface area contributed by atoms with E-state index in [4.69, 9.17) is 0 Å². The largest absolute Gasteiger partial charge is 0.506 e. The molecule has 0 aliphatic heterocycles. The van der Waals surface area contributed by atoms with Gasteiger partial charge in [-0.3, -0.25) is 0 Å². The number of benzene rings is 2. The normalized spacial score (nSPS) is 11.2. The van der Waals surface area contributed by atoms with Crippen LogP contribution in [-0.4, -0.2) is 28.7 Å². The maximum absolute atomic E-state index is 11.6. The number of phenolic OH excluding ortho intramolecular Hbond substituents is 2. The van der Waals surface area contributed by atoms with Gasteiger partial charge in [-0.25, -0.2) is 15.6 Å². The van der Waals surface area contributed by atoms with Gasteiger partial charge in [-0.1, -0.05) is 31.9 Å². The zero-order valence-corrected chi connectivity index (χ0v) is 19.0. The number of rotatable bonds is 4. The Bertz CT molecular complexity index is 831. The standard InChI is InChI=1S/C15H10Br4N4O3/c16-9-1-7(13(24)11(18)3-9)5-20-22-15(26)23-21-6-8-2-10(17)4-12(19)14(8)25/h1-6,24-25H,(H2,22,23,26). The number of halogens is 4. The summed E-state index contributed by atoms with van der Waals surface area (Å²) in [7, 11) is 0. The van der Waals surface area contributed by atoms with Gasteiger partial charge < -0.3 is 10.2 Å². The van der Waals surface area contributed by atoms with Gasteiger partial charge in [0.25, 0.3) is 0 Å². The van der Waals surface area contributed by atoms with E-state index in [0.29, 0.717) is 20.1 Å². The van der Waals surface area contributed by atoms with Gasteiger partial charge in [0, 0.05) is 20.1 Å². The molecule has 0 unspecified atom stereocenters. The van der Waals surface area contributed by atoms with E-state index >= 15 is 0 Å². The smallest absolute Gasteiger partial charge is 0.355 e. The fraction of sp³-hybridized carbons (Fsp3) is 0. The Balaban J connectivity index is 1.96. The molecule has 136 valence electrons. The molecule has 0 aliphatic carbocycles. The second-order valence-electron chi connectivity index (χ2n) is 4.72. The first-order chi connectivity index (χ1) is 12.3. The van der Waals surface area contributed by atoms with Crippen molar-refractivity contribution in [2.75, 3.05) is 0 Å². The number of urea groups is 1. The maximum atomic E-state index is 11.6. The number of hydrazone groups is 2. The summed E-state index contributed by atoms with van der Waals surface area (Å²) in [6.07, 6.45) is 2.57. The molecule has 2 rings (SSSR count). The van der Waals surface area contributed by atoms with Crippen molar-refractivity contribution in [3.8, 4) is 11.5 Å². The van der Waals surface area contributed by atoms with Crippen LogP contribution in [0.2, 0.25) is 0 Å². The summed E-state index contributed by atoms with van der Waals surface area (Å²) in [5.41, 5.74) is 5.21. The summed E-state index contributed by atoms with van der Waals surface area (Å²) >= 11 is 13.0. The second-order valence-corrected chi connectivity index (χ2v) is 8.26. The molecule has 26 heavy (non-hydrogen) atoms. The third-order valence-corrected chi connectivity index (χ3v) is 4.98. The molecular weight excluding hydrogens is 604 g/mol. The van der Waals surface area contributed by atoms with Crippen molar-refractivity contribution in [3.63, 3.8) is 0 Å². The summed E-state index contributed by atoms with van der Waals surface area (Å²) in [6.45, 7) is 0. The predicted octanol–water partition coefficient (Wildman–Crippen LogP) is 4.82. The van der Waals surface area contributed by atoms with E-state index in [1.165, 1.54) is 12.4 Å². The molecule has 2 amide bonds. The molecule has 0 heterocycles. The second kappa shape index (κ2) is 9.49. The third-order valence-electron chi connectivity index (χ3n) is 2.85. The van der Waals surface area contributed by atoms with Gasteiger partial charge in [0.15, 0.2) is 0 Å². The van der Waals surface area contributed by atoms with E-state index in [2.05, 4.69) is 84.8 Å². The third kappa shape index (κ3) is 5.79. The number of carbonyl (C=O) groups excluding carboxylic acids is 1. The van der Waals surface area contributed by atoms with Gasteiger partial charge in [-0.2, -0.15) is 10.2 Å². The molecule has 0 aromatic heterocycles. The fourth-order valence-electron chi connectivity index (χ4n) is 1.71. The van der Waals surface area contributed by atoms with Crippen LogP contribution in [0.25, 0.3) is 0 Å². The predicted molar refractivity (Wildman–Crippen MR) is 114 cm³/mol. The van der Waals surface area contributed by atoms with Gasteiger partial charge in [0.2, 0.25) is 0 Å². The Morgan fingerprint density at radius 2 is 1.19 bits per heavy atom. The van der Waals surface area contributed by atoms with Crippen molar-refractivity contribution in [1.82, 2.24) is 10.9 Å². The molecule has 0 saturated heterocycles. The van der Waals surface area contributed by atoms with Crippen molar-refractivity contribution in [2.45, 2.75) is 0 Å². The molecular formula is C15H10Br4N4O3. The average Bonchev–Trinajstić information content (AvgIpc) is 2.56. The van der Waals surface area contributed by atoms with Crippen LogP contribution in [0.1, 0.15) is 11.1 Å². The van der Waals surface area contributed by atoms with Crippen molar-refractivity contribution >= 4 is 82.2 Å². The highest BCUT2D eigenvalue weighted by Gasteiger charge is 2.06. The Kier molecular flexibility index (Phi) is 7.62. The van der Waals surface area contributed by atoms with E-state index < -0.39 is 6.03 Å². The Morgan fingerprint density at radius 3 is 1.58 bits per heavy atom. The molecule has 0 saturated carbocycles. The van der Waals surface area contributed by atoms with Crippen molar-refractivity contribution in [1.29, 1.82) is 0 Å². The van der Waals surface area contributed by atoms with Crippen LogP contribution in [0.4, 0.5) is 4.79 Å². The van der Waals surface area contributed by atoms with Crippen LogP contribution in [0.3, 0.4) is 0 Å². The number of nitrogens with zero attached hydrogens (tertiary/aromatic N) is 2. The van der Waals surface area contributed by atoms with E-state index in [-0.39, 0.29) is 11.5 Å². The molecule has 0 bridgehead atoms. The zero-order chi connectivity index (χ0) is 19.3. The van der Waals surface area contributed by atoms with E-state index in [9.17, 15) is 15.0 Å².